The van der Waals surface area contributed by atoms with Gasteiger partial charge in [-0.05, 0) is 51.6 Å². The van der Waals surface area contributed by atoms with E-state index in [9.17, 15) is 0 Å². The van der Waals surface area contributed by atoms with Crippen molar-refractivity contribution in [1.29, 1.82) is 0 Å². The normalized spacial score (nSPS) is 30.0. The lowest BCUT2D eigenvalue weighted by molar-refractivity contribution is -0.0442. The van der Waals surface area contributed by atoms with Gasteiger partial charge < -0.3 is 10.1 Å². The molecule has 2 heteroatoms. The molecule has 1 aliphatic heterocycles. The first-order valence-electron chi connectivity index (χ1n) is 7.10. The van der Waals surface area contributed by atoms with Crippen LogP contribution in [0.25, 0.3) is 0 Å². The van der Waals surface area contributed by atoms with Crippen LogP contribution in [0.1, 0.15) is 58.3 Å². The molecule has 0 bridgehead atoms. The molecule has 1 heterocycles. The minimum absolute atomic E-state index is 0.322. The molecule has 0 amide bonds. The van der Waals surface area contributed by atoms with E-state index in [0.29, 0.717) is 11.7 Å². The second-order valence-electron chi connectivity index (χ2n) is 5.74. The molecule has 2 atom stereocenters. The third kappa shape index (κ3) is 2.78. The Labute approximate surface area is 100 Å². The molecule has 2 aliphatic rings. The minimum atomic E-state index is 0.322. The maximum atomic E-state index is 6.36. The van der Waals surface area contributed by atoms with Crippen LogP contribution in [0, 0.1) is 5.92 Å². The smallest absolute Gasteiger partial charge is 0.0687 e. The fraction of sp³-hybridized carbons (Fsp3) is 1.00. The van der Waals surface area contributed by atoms with Crippen LogP contribution in [0.2, 0.25) is 0 Å². The first-order chi connectivity index (χ1) is 7.78. The molecule has 2 unspecified atom stereocenters. The number of hydrogen-bond acceptors (Lipinski definition) is 2. The molecule has 2 rings (SSSR count). The third-order valence-electron chi connectivity index (χ3n) is 4.52. The van der Waals surface area contributed by atoms with Crippen LogP contribution in [0.5, 0.6) is 0 Å². The third-order valence-corrected chi connectivity index (χ3v) is 4.52. The number of nitrogens with one attached hydrogen (secondary N) is 1. The maximum Gasteiger partial charge on any atom is 0.0687 e. The van der Waals surface area contributed by atoms with E-state index >= 15 is 0 Å². The maximum absolute atomic E-state index is 6.36. The van der Waals surface area contributed by atoms with E-state index in [0.717, 1.165) is 12.5 Å². The summed E-state index contributed by atoms with van der Waals surface area (Å²) in [6.45, 7) is 3.44. The molecular formula is C14H27NO. The predicted molar refractivity (Wildman–Crippen MR) is 67.6 cm³/mol. The fourth-order valence-corrected chi connectivity index (χ4v) is 3.50. The fourth-order valence-electron chi connectivity index (χ4n) is 3.50. The molecule has 94 valence electrons. The Morgan fingerprint density at radius 3 is 2.69 bits per heavy atom. The molecule has 1 N–H and O–H groups in total. The van der Waals surface area contributed by atoms with Crippen molar-refractivity contribution in [3.8, 4) is 0 Å². The summed E-state index contributed by atoms with van der Waals surface area (Å²) in [5.41, 5.74) is 0.322. The van der Waals surface area contributed by atoms with Crippen LogP contribution in [-0.2, 0) is 4.74 Å². The van der Waals surface area contributed by atoms with E-state index < -0.39 is 0 Å². The molecule has 2 fully saturated rings. The standard InChI is InChI=1S/C14H27NO/c1-3-12(11-15-2)10-13-6-9-14(16-13)7-4-5-8-14/h12-13,15H,3-11H2,1-2H3. The summed E-state index contributed by atoms with van der Waals surface area (Å²) in [6, 6.07) is 0. The Bertz CT molecular complexity index is 211. The zero-order valence-electron chi connectivity index (χ0n) is 10.9. The highest BCUT2D eigenvalue weighted by Gasteiger charge is 2.42. The highest BCUT2D eigenvalue weighted by molar-refractivity contribution is 4.93. The summed E-state index contributed by atoms with van der Waals surface area (Å²) in [6.07, 6.45) is 11.1. The molecule has 1 spiro atoms. The molecule has 1 saturated heterocycles. The molecule has 16 heavy (non-hydrogen) atoms. The molecule has 0 aromatic rings. The molecule has 1 saturated carbocycles. The van der Waals surface area contributed by atoms with Crippen molar-refractivity contribution in [3.05, 3.63) is 0 Å². The van der Waals surface area contributed by atoms with Crippen LogP contribution in [-0.4, -0.2) is 25.3 Å². The Kier molecular flexibility index (Phi) is 4.26. The number of hydrogen-bond donors (Lipinski definition) is 1. The number of rotatable bonds is 5. The van der Waals surface area contributed by atoms with Gasteiger partial charge in [0.05, 0.1) is 11.7 Å². The van der Waals surface area contributed by atoms with E-state index in [1.807, 2.05) is 0 Å². The van der Waals surface area contributed by atoms with Gasteiger partial charge >= 0.3 is 0 Å². The Morgan fingerprint density at radius 1 is 1.31 bits per heavy atom. The van der Waals surface area contributed by atoms with Crippen molar-refractivity contribution >= 4 is 0 Å². The second kappa shape index (κ2) is 5.50. The lowest BCUT2D eigenvalue weighted by atomic mass is 9.95. The first kappa shape index (κ1) is 12.4. The summed E-state index contributed by atoms with van der Waals surface area (Å²) < 4.78 is 6.36. The van der Waals surface area contributed by atoms with Gasteiger partial charge in [-0.25, -0.2) is 0 Å². The van der Waals surface area contributed by atoms with Crippen LogP contribution in [0.4, 0.5) is 0 Å². The predicted octanol–water partition coefficient (Wildman–Crippen LogP) is 3.11. The van der Waals surface area contributed by atoms with Gasteiger partial charge in [-0.3, -0.25) is 0 Å². The highest BCUT2D eigenvalue weighted by atomic mass is 16.5. The summed E-state index contributed by atoms with van der Waals surface area (Å²) in [7, 11) is 2.05. The average molecular weight is 225 g/mol. The van der Waals surface area contributed by atoms with Crippen molar-refractivity contribution in [2.24, 2.45) is 5.92 Å². The Hall–Kier alpha value is -0.0800. The lowest BCUT2D eigenvalue weighted by Crippen LogP contribution is -2.27. The Morgan fingerprint density at radius 2 is 2.06 bits per heavy atom. The lowest BCUT2D eigenvalue weighted by Gasteiger charge is -2.25. The zero-order chi connectivity index (χ0) is 11.4. The summed E-state index contributed by atoms with van der Waals surface area (Å²) in [5.74, 6) is 0.798. The van der Waals surface area contributed by atoms with Gasteiger partial charge in [-0.1, -0.05) is 26.2 Å². The quantitative estimate of drug-likeness (QED) is 0.776. The van der Waals surface area contributed by atoms with Gasteiger partial charge in [0, 0.05) is 0 Å². The molecule has 1 aliphatic carbocycles. The van der Waals surface area contributed by atoms with Gasteiger partial charge in [0.1, 0.15) is 0 Å². The van der Waals surface area contributed by atoms with E-state index in [1.54, 1.807) is 0 Å². The van der Waals surface area contributed by atoms with E-state index in [4.69, 9.17) is 4.74 Å². The van der Waals surface area contributed by atoms with Gasteiger partial charge in [-0.2, -0.15) is 0 Å². The van der Waals surface area contributed by atoms with Crippen LogP contribution in [0.3, 0.4) is 0 Å². The van der Waals surface area contributed by atoms with Crippen molar-refractivity contribution in [3.63, 3.8) is 0 Å². The molecule has 0 aromatic carbocycles. The van der Waals surface area contributed by atoms with Gasteiger partial charge in [0.2, 0.25) is 0 Å². The molecule has 0 radical (unpaired) electrons. The average Bonchev–Trinajstić information content (AvgIpc) is 2.90. The highest BCUT2D eigenvalue weighted by Crippen LogP contribution is 2.44. The van der Waals surface area contributed by atoms with E-state index in [2.05, 4.69) is 19.3 Å². The van der Waals surface area contributed by atoms with Crippen molar-refractivity contribution in [2.75, 3.05) is 13.6 Å². The first-order valence-corrected chi connectivity index (χ1v) is 7.10. The van der Waals surface area contributed by atoms with Crippen molar-refractivity contribution in [2.45, 2.75) is 70.0 Å². The topological polar surface area (TPSA) is 21.3 Å². The van der Waals surface area contributed by atoms with E-state index in [-0.39, 0.29) is 0 Å². The SMILES string of the molecule is CCC(CNC)CC1CCC2(CCCC2)O1. The summed E-state index contributed by atoms with van der Waals surface area (Å²) >= 11 is 0. The molecular weight excluding hydrogens is 198 g/mol. The molecule has 0 aromatic heterocycles. The number of ether oxygens (including phenoxy) is 1. The van der Waals surface area contributed by atoms with Crippen molar-refractivity contribution in [1.82, 2.24) is 5.32 Å². The van der Waals surface area contributed by atoms with Crippen molar-refractivity contribution < 1.29 is 4.74 Å². The van der Waals surface area contributed by atoms with Gasteiger partial charge in [0.15, 0.2) is 0 Å². The second-order valence-corrected chi connectivity index (χ2v) is 5.74. The van der Waals surface area contributed by atoms with E-state index in [1.165, 1.54) is 51.4 Å². The zero-order valence-corrected chi connectivity index (χ0v) is 10.9. The van der Waals surface area contributed by atoms with Crippen LogP contribution >= 0.6 is 0 Å². The minimum Gasteiger partial charge on any atom is -0.372 e. The van der Waals surface area contributed by atoms with Crippen LogP contribution < -0.4 is 5.32 Å². The largest absolute Gasteiger partial charge is 0.372 e. The van der Waals surface area contributed by atoms with Gasteiger partial charge in [0.25, 0.3) is 0 Å². The Balaban J connectivity index is 1.79. The summed E-state index contributed by atoms with van der Waals surface area (Å²) in [4.78, 5) is 0. The van der Waals surface area contributed by atoms with Gasteiger partial charge in [-0.15, -0.1) is 0 Å². The monoisotopic (exact) mass is 225 g/mol. The molecule has 2 nitrogen and oxygen atoms in total. The van der Waals surface area contributed by atoms with Crippen LogP contribution in [0.15, 0.2) is 0 Å². The summed E-state index contributed by atoms with van der Waals surface area (Å²) in [5, 5.41) is 3.30.